The number of fused-ring (bicyclic) bond motifs is 1. The molecule has 3 aliphatic rings. The van der Waals surface area contributed by atoms with Gasteiger partial charge in [0.05, 0.1) is 0 Å². The molecule has 6 nitrogen and oxygen atoms in total. The van der Waals surface area contributed by atoms with E-state index in [0.29, 0.717) is 23.2 Å². The van der Waals surface area contributed by atoms with Crippen molar-refractivity contribution in [3.63, 3.8) is 0 Å². The van der Waals surface area contributed by atoms with Crippen LogP contribution in [-0.2, 0) is 22.7 Å². The molecule has 0 radical (unpaired) electrons. The molecule has 34 heavy (non-hydrogen) atoms. The van der Waals surface area contributed by atoms with E-state index in [1.54, 1.807) is 12.1 Å². The Morgan fingerprint density at radius 3 is 2.50 bits per heavy atom. The van der Waals surface area contributed by atoms with Gasteiger partial charge in [-0.05, 0) is 68.5 Å². The summed E-state index contributed by atoms with van der Waals surface area (Å²) in [7, 11) is 0. The summed E-state index contributed by atoms with van der Waals surface area (Å²) in [5.74, 6) is -1.78. The van der Waals surface area contributed by atoms with Gasteiger partial charge in [0.25, 0.3) is 5.91 Å². The lowest BCUT2D eigenvalue weighted by Crippen LogP contribution is -2.52. The highest BCUT2D eigenvalue weighted by molar-refractivity contribution is 6.05. The number of carbonyl (C=O) groups is 3. The number of hydrogen-bond acceptors (Lipinski definition) is 4. The molecule has 1 unspecified atom stereocenters. The monoisotopic (exact) mass is 467 g/mol. The van der Waals surface area contributed by atoms with E-state index in [2.05, 4.69) is 10.2 Å². The van der Waals surface area contributed by atoms with Crippen LogP contribution in [0.15, 0.2) is 30.3 Å². The van der Waals surface area contributed by atoms with Crippen LogP contribution in [0.3, 0.4) is 0 Å². The second-order valence-electron chi connectivity index (χ2n) is 9.58. The number of hydrogen-bond donors (Lipinski definition) is 1. The molecule has 2 aromatic rings. The zero-order valence-electron chi connectivity index (χ0n) is 19.1. The van der Waals surface area contributed by atoms with Gasteiger partial charge in [-0.3, -0.25) is 24.6 Å². The van der Waals surface area contributed by atoms with Crippen molar-refractivity contribution in [2.45, 2.75) is 57.7 Å². The predicted molar refractivity (Wildman–Crippen MR) is 121 cm³/mol. The number of rotatable bonds is 4. The van der Waals surface area contributed by atoms with Crippen LogP contribution in [0, 0.1) is 18.6 Å². The highest BCUT2D eigenvalue weighted by Crippen LogP contribution is 2.35. The summed E-state index contributed by atoms with van der Waals surface area (Å²) in [4.78, 5) is 40.2. The Bertz CT molecular complexity index is 1170. The lowest BCUT2D eigenvalue weighted by atomic mass is 9.87. The van der Waals surface area contributed by atoms with Gasteiger partial charge in [0.2, 0.25) is 11.8 Å². The Labute approximate surface area is 196 Å². The first-order chi connectivity index (χ1) is 16.3. The number of amides is 3. The van der Waals surface area contributed by atoms with Gasteiger partial charge in [-0.25, -0.2) is 8.78 Å². The SMILES string of the molecule is Cc1ccc(F)c(CN2CCC(c3cc4c(cc3F)C(=O)N(C3CCC(=O)NC3=O)C4)CC2)c1. The fraction of sp³-hybridized carbons (Fsp3) is 0.423. The van der Waals surface area contributed by atoms with E-state index in [9.17, 15) is 18.8 Å². The standard InChI is InChI=1S/C26H27F2N3O3/c1-15-2-3-21(27)18(10-15)13-30-8-6-16(7-9-30)19-11-17-14-31(26(34)20(17)12-22(19)28)23-4-5-24(32)29-25(23)33/h2-3,10-12,16,23H,4-9,13-14H2,1H3,(H,29,32,33). The smallest absolute Gasteiger partial charge is 0.255 e. The second kappa shape index (κ2) is 8.91. The summed E-state index contributed by atoms with van der Waals surface area (Å²) in [5, 5.41) is 2.28. The van der Waals surface area contributed by atoms with E-state index in [4.69, 9.17) is 0 Å². The van der Waals surface area contributed by atoms with E-state index in [1.165, 1.54) is 17.0 Å². The fourth-order valence-corrected chi connectivity index (χ4v) is 5.39. The van der Waals surface area contributed by atoms with Crippen LogP contribution in [0.5, 0.6) is 0 Å². The molecule has 1 atom stereocenters. The number of carbonyl (C=O) groups excluding carboxylic acids is 3. The van der Waals surface area contributed by atoms with Crippen LogP contribution >= 0.6 is 0 Å². The van der Waals surface area contributed by atoms with E-state index in [1.807, 2.05) is 13.0 Å². The molecule has 0 saturated carbocycles. The van der Waals surface area contributed by atoms with Crippen molar-refractivity contribution in [1.29, 1.82) is 0 Å². The van der Waals surface area contributed by atoms with Crippen molar-refractivity contribution in [3.05, 3.63) is 69.8 Å². The van der Waals surface area contributed by atoms with Crippen molar-refractivity contribution in [2.75, 3.05) is 13.1 Å². The molecule has 1 N–H and O–H groups in total. The van der Waals surface area contributed by atoms with Gasteiger partial charge in [-0.15, -0.1) is 0 Å². The van der Waals surface area contributed by atoms with Gasteiger partial charge in [-0.1, -0.05) is 23.8 Å². The Kier molecular flexibility index (Phi) is 5.93. The number of nitrogens with zero attached hydrogens (tertiary/aromatic N) is 2. The Balaban J connectivity index is 1.27. The average Bonchev–Trinajstić information content (AvgIpc) is 3.11. The summed E-state index contributed by atoms with van der Waals surface area (Å²) in [6.45, 7) is 4.17. The number of aryl methyl sites for hydroxylation is 1. The fourth-order valence-electron chi connectivity index (χ4n) is 5.39. The predicted octanol–water partition coefficient (Wildman–Crippen LogP) is 3.41. The van der Waals surface area contributed by atoms with Crippen LogP contribution in [0.2, 0.25) is 0 Å². The number of piperidine rings is 2. The molecule has 2 aromatic carbocycles. The zero-order valence-corrected chi connectivity index (χ0v) is 19.1. The molecule has 2 fully saturated rings. The first-order valence-corrected chi connectivity index (χ1v) is 11.7. The van der Waals surface area contributed by atoms with Gasteiger partial charge in [0, 0.05) is 30.6 Å². The maximum atomic E-state index is 15.1. The third kappa shape index (κ3) is 4.22. The largest absolute Gasteiger partial charge is 0.322 e. The summed E-state index contributed by atoms with van der Waals surface area (Å²) in [6, 6.07) is 7.48. The van der Waals surface area contributed by atoms with Crippen molar-refractivity contribution in [1.82, 2.24) is 15.1 Å². The highest BCUT2D eigenvalue weighted by atomic mass is 19.1. The summed E-state index contributed by atoms with van der Waals surface area (Å²) in [6.07, 6.45) is 1.95. The van der Waals surface area contributed by atoms with Crippen LogP contribution in [-0.4, -0.2) is 46.7 Å². The molecule has 3 amide bonds. The highest BCUT2D eigenvalue weighted by Gasteiger charge is 2.40. The third-order valence-corrected chi connectivity index (χ3v) is 7.26. The van der Waals surface area contributed by atoms with E-state index in [-0.39, 0.29) is 42.9 Å². The molecule has 0 bridgehead atoms. The molecule has 0 aromatic heterocycles. The molecular weight excluding hydrogens is 440 g/mol. The summed E-state index contributed by atoms with van der Waals surface area (Å²) in [5.41, 5.74) is 3.30. The minimum Gasteiger partial charge on any atom is -0.322 e. The molecule has 8 heteroatoms. The van der Waals surface area contributed by atoms with E-state index in [0.717, 1.165) is 37.1 Å². The van der Waals surface area contributed by atoms with Crippen molar-refractivity contribution >= 4 is 17.7 Å². The summed E-state index contributed by atoms with van der Waals surface area (Å²) >= 11 is 0. The minimum absolute atomic E-state index is 0.0173. The zero-order chi connectivity index (χ0) is 24.0. The summed E-state index contributed by atoms with van der Waals surface area (Å²) < 4.78 is 29.2. The van der Waals surface area contributed by atoms with E-state index >= 15 is 4.39 Å². The minimum atomic E-state index is -0.714. The molecule has 5 rings (SSSR count). The van der Waals surface area contributed by atoms with Crippen molar-refractivity contribution < 1.29 is 23.2 Å². The lowest BCUT2D eigenvalue weighted by molar-refractivity contribution is -0.136. The maximum absolute atomic E-state index is 15.1. The second-order valence-corrected chi connectivity index (χ2v) is 9.58. The van der Waals surface area contributed by atoms with Crippen LogP contribution in [0.4, 0.5) is 8.78 Å². The maximum Gasteiger partial charge on any atom is 0.255 e. The first kappa shape index (κ1) is 22.7. The van der Waals surface area contributed by atoms with Crippen molar-refractivity contribution in [2.24, 2.45) is 0 Å². The van der Waals surface area contributed by atoms with Gasteiger partial charge in [0.1, 0.15) is 17.7 Å². The number of benzene rings is 2. The Morgan fingerprint density at radius 2 is 1.76 bits per heavy atom. The van der Waals surface area contributed by atoms with Crippen molar-refractivity contribution in [3.8, 4) is 0 Å². The average molecular weight is 468 g/mol. The van der Waals surface area contributed by atoms with Gasteiger partial charge in [0.15, 0.2) is 0 Å². The Hall–Kier alpha value is -3.13. The molecule has 0 spiro atoms. The first-order valence-electron chi connectivity index (χ1n) is 11.7. The number of halogens is 2. The molecule has 2 saturated heterocycles. The normalized spacial score (nSPS) is 21.7. The third-order valence-electron chi connectivity index (χ3n) is 7.26. The van der Waals surface area contributed by atoms with Gasteiger partial charge in [-0.2, -0.15) is 0 Å². The van der Waals surface area contributed by atoms with Crippen LogP contribution < -0.4 is 5.32 Å². The number of likely N-dealkylation sites (tertiary alicyclic amines) is 1. The van der Waals surface area contributed by atoms with E-state index < -0.39 is 17.8 Å². The van der Waals surface area contributed by atoms with Crippen LogP contribution in [0.25, 0.3) is 0 Å². The number of imide groups is 1. The Morgan fingerprint density at radius 1 is 1.00 bits per heavy atom. The number of nitrogens with one attached hydrogen (secondary N) is 1. The molecule has 3 heterocycles. The topological polar surface area (TPSA) is 69.7 Å². The molecule has 0 aliphatic carbocycles. The quantitative estimate of drug-likeness (QED) is 0.700. The lowest BCUT2D eigenvalue weighted by Gasteiger charge is -2.32. The van der Waals surface area contributed by atoms with Gasteiger partial charge < -0.3 is 4.90 Å². The van der Waals surface area contributed by atoms with Crippen LogP contribution in [0.1, 0.15) is 64.2 Å². The molecule has 3 aliphatic heterocycles. The van der Waals surface area contributed by atoms with Gasteiger partial charge >= 0.3 is 0 Å². The molecular formula is C26H27F2N3O3. The molecule has 178 valence electrons.